The van der Waals surface area contributed by atoms with Gasteiger partial charge >= 0.3 is 0 Å². The fourth-order valence-corrected chi connectivity index (χ4v) is 3.00. The molecule has 0 aliphatic heterocycles. The van der Waals surface area contributed by atoms with Gasteiger partial charge in [-0.05, 0) is 58.4 Å². The summed E-state index contributed by atoms with van der Waals surface area (Å²) in [5.74, 6) is 0.265. The van der Waals surface area contributed by atoms with Crippen LogP contribution in [0.4, 0.5) is 0 Å². The maximum Gasteiger partial charge on any atom is 0.170 e. The molecule has 0 radical (unpaired) electrons. The van der Waals surface area contributed by atoms with Crippen LogP contribution in [0.25, 0.3) is 0 Å². The topological polar surface area (TPSA) is 37.3 Å². The summed E-state index contributed by atoms with van der Waals surface area (Å²) in [5, 5.41) is 10.7. The summed E-state index contributed by atoms with van der Waals surface area (Å²) >= 11 is 0. The number of hydrogen-bond donors (Lipinski definition) is 1. The molecule has 2 heteroatoms. The van der Waals surface area contributed by atoms with Gasteiger partial charge in [0.05, 0.1) is 5.57 Å². The summed E-state index contributed by atoms with van der Waals surface area (Å²) in [6.07, 6.45) is 6.65. The predicted octanol–water partition coefficient (Wildman–Crippen LogP) is 5.93. The number of aliphatic hydroxyl groups excluding tert-OH is 1. The molecular formula is C21H32O2. The Kier molecular flexibility index (Phi) is 7.05. The number of hydrogen-bond acceptors (Lipinski definition) is 2. The van der Waals surface area contributed by atoms with E-state index in [2.05, 4.69) is 32.6 Å². The average molecular weight is 316 g/mol. The highest BCUT2D eigenvalue weighted by molar-refractivity contribution is 6.04. The van der Waals surface area contributed by atoms with Crippen molar-refractivity contribution in [2.24, 2.45) is 17.8 Å². The van der Waals surface area contributed by atoms with Crippen molar-refractivity contribution >= 4 is 5.78 Å². The van der Waals surface area contributed by atoms with Crippen molar-refractivity contribution in [3.8, 4) is 0 Å². The van der Waals surface area contributed by atoms with Crippen molar-refractivity contribution < 1.29 is 9.90 Å². The Balaban J connectivity index is 3.09. The molecule has 0 fully saturated rings. The first-order valence-electron chi connectivity index (χ1n) is 8.60. The van der Waals surface area contributed by atoms with Crippen LogP contribution in [0.5, 0.6) is 0 Å². The van der Waals surface area contributed by atoms with Crippen LogP contribution in [0.1, 0.15) is 60.8 Å². The minimum Gasteiger partial charge on any atom is -0.511 e. The lowest BCUT2D eigenvalue weighted by atomic mass is 9.85. The van der Waals surface area contributed by atoms with Gasteiger partial charge in [0, 0.05) is 11.8 Å². The minimum absolute atomic E-state index is 0.0792. The molecule has 0 saturated carbocycles. The molecule has 1 rings (SSSR count). The Hall–Kier alpha value is -1.57. The fraction of sp³-hybridized carbons (Fsp3) is 0.571. The second-order valence-electron chi connectivity index (χ2n) is 7.39. The van der Waals surface area contributed by atoms with Gasteiger partial charge in [-0.25, -0.2) is 0 Å². The lowest BCUT2D eigenvalue weighted by Crippen LogP contribution is -2.18. The molecule has 0 aromatic rings. The molecule has 0 heterocycles. The van der Waals surface area contributed by atoms with E-state index in [0.717, 1.165) is 18.4 Å². The summed E-state index contributed by atoms with van der Waals surface area (Å²) in [7, 11) is 0. The van der Waals surface area contributed by atoms with Gasteiger partial charge in [0.25, 0.3) is 0 Å². The summed E-state index contributed by atoms with van der Waals surface area (Å²) in [6, 6.07) is 0. The first kappa shape index (κ1) is 19.5. The van der Waals surface area contributed by atoms with E-state index in [4.69, 9.17) is 0 Å². The zero-order valence-corrected chi connectivity index (χ0v) is 15.6. The first-order valence-corrected chi connectivity index (χ1v) is 8.60. The monoisotopic (exact) mass is 316 g/mol. The van der Waals surface area contributed by atoms with Crippen LogP contribution in [0.3, 0.4) is 0 Å². The van der Waals surface area contributed by atoms with E-state index in [1.165, 1.54) is 11.1 Å². The fourth-order valence-electron chi connectivity index (χ4n) is 3.00. The predicted molar refractivity (Wildman–Crippen MR) is 98.3 cm³/mol. The Labute approximate surface area is 141 Å². The van der Waals surface area contributed by atoms with Gasteiger partial charge in [0.15, 0.2) is 5.78 Å². The molecule has 128 valence electrons. The number of allylic oxidation sites excluding steroid dienone is 7. The van der Waals surface area contributed by atoms with Crippen LogP contribution in [-0.4, -0.2) is 10.9 Å². The molecule has 2 atom stereocenters. The van der Waals surface area contributed by atoms with Crippen molar-refractivity contribution in [3.05, 3.63) is 46.8 Å². The Bertz CT molecular complexity index is 550. The second kappa shape index (κ2) is 8.33. The van der Waals surface area contributed by atoms with E-state index in [1.807, 2.05) is 27.7 Å². The van der Waals surface area contributed by atoms with Gasteiger partial charge in [-0.1, -0.05) is 43.7 Å². The van der Waals surface area contributed by atoms with Gasteiger partial charge in [-0.2, -0.15) is 0 Å². The van der Waals surface area contributed by atoms with E-state index >= 15 is 0 Å². The van der Waals surface area contributed by atoms with Gasteiger partial charge < -0.3 is 5.11 Å². The average Bonchev–Trinajstić information content (AvgIpc) is 2.66. The van der Waals surface area contributed by atoms with Gasteiger partial charge in [-0.15, -0.1) is 0 Å². The molecule has 1 aliphatic rings. The Morgan fingerprint density at radius 1 is 1.13 bits per heavy atom. The van der Waals surface area contributed by atoms with Crippen LogP contribution in [0.15, 0.2) is 46.8 Å². The molecule has 1 N–H and O–H groups in total. The molecule has 0 aromatic heterocycles. The van der Waals surface area contributed by atoms with Gasteiger partial charge in [0.2, 0.25) is 0 Å². The first-order chi connectivity index (χ1) is 10.7. The van der Waals surface area contributed by atoms with Crippen molar-refractivity contribution in [3.63, 3.8) is 0 Å². The molecule has 2 nitrogen and oxygen atoms in total. The summed E-state index contributed by atoms with van der Waals surface area (Å²) in [6.45, 7) is 16.3. The standard InChI is InChI=1S/C21H32O2/c1-13(2)9-8-10-17-18(12-11-14(3)4)21(23)19(20(17)22)16(7)15(5)6/h9,11,15,17-18,23H,7-8,10,12H2,1-6H3. The van der Waals surface area contributed by atoms with Gasteiger partial charge in [0.1, 0.15) is 5.76 Å². The molecule has 0 bridgehead atoms. The van der Waals surface area contributed by atoms with Crippen molar-refractivity contribution in [2.45, 2.75) is 60.8 Å². The molecule has 0 saturated heterocycles. The van der Waals surface area contributed by atoms with E-state index in [1.54, 1.807) is 0 Å². The largest absolute Gasteiger partial charge is 0.511 e. The maximum atomic E-state index is 12.9. The van der Waals surface area contributed by atoms with Crippen LogP contribution in [-0.2, 0) is 4.79 Å². The number of carbonyl (C=O) groups is 1. The summed E-state index contributed by atoms with van der Waals surface area (Å²) in [5.41, 5.74) is 3.73. The number of Topliss-reactive ketones (excluding diaryl/α,β-unsaturated/α-hetero) is 1. The van der Waals surface area contributed by atoms with E-state index in [-0.39, 0.29) is 29.3 Å². The Morgan fingerprint density at radius 3 is 2.17 bits per heavy atom. The van der Waals surface area contributed by atoms with E-state index in [9.17, 15) is 9.90 Å². The van der Waals surface area contributed by atoms with Crippen LogP contribution in [0, 0.1) is 17.8 Å². The van der Waals surface area contributed by atoms with Crippen LogP contribution < -0.4 is 0 Å². The highest BCUT2D eigenvalue weighted by Gasteiger charge is 2.42. The molecule has 1 aliphatic carbocycles. The third-order valence-electron chi connectivity index (χ3n) is 4.50. The zero-order valence-electron chi connectivity index (χ0n) is 15.6. The molecular weight excluding hydrogens is 284 g/mol. The SMILES string of the molecule is C=C(C1=C(O)C(CC=C(C)C)C(CCC=C(C)C)C1=O)C(C)C. The normalized spacial score (nSPS) is 20.9. The molecule has 0 amide bonds. The van der Waals surface area contributed by atoms with Crippen LogP contribution in [0.2, 0.25) is 0 Å². The lowest BCUT2D eigenvalue weighted by Gasteiger charge is -2.17. The van der Waals surface area contributed by atoms with E-state index in [0.29, 0.717) is 12.0 Å². The van der Waals surface area contributed by atoms with E-state index < -0.39 is 0 Å². The highest BCUT2D eigenvalue weighted by Crippen LogP contribution is 2.42. The lowest BCUT2D eigenvalue weighted by molar-refractivity contribution is -0.119. The second-order valence-corrected chi connectivity index (χ2v) is 7.39. The smallest absolute Gasteiger partial charge is 0.170 e. The molecule has 23 heavy (non-hydrogen) atoms. The summed E-state index contributed by atoms with van der Waals surface area (Å²) in [4.78, 5) is 12.9. The quantitative estimate of drug-likeness (QED) is 0.591. The maximum absolute atomic E-state index is 12.9. The highest BCUT2D eigenvalue weighted by atomic mass is 16.3. The molecule has 0 spiro atoms. The number of aliphatic hydroxyl groups is 1. The number of ketones is 1. The summed E-state index contributed by atoms with van der Waals surface area (Å²) < 4.78 is 0. The Morgan fingerprint density at radius 2 is 1.70 bits per heavy atom. The van der Waals surface area contributed by atoms with Crippen LogP contribution >= 0.6 is 0 Å². The zero-order chi connectivity index (χ0) is 17.7. The van der Waals surface area contributed by atoms with Crippen molar-refractivity contribution in [1.29, 1.82) is 0 Å². The van der Waals surface area contributed by atoms with Crippen molar-refractivity contribution in [1.82, 2.24) is 0 Å². The number of carbonyl (C=O) groups excluding carboxylic acids is 1. The minimum atomic E-state index is -0.133. The molecule has 0 aromatic carbocycles. The third-order valence-corrected chi connectivity index (χ3v) is 4.50. The van der Waals surface area contributed by atoms with Crippen molar-refractivity contribution in [2.75, 3.05) is 0 Å². The third kappa shape index (κ3) is 4.95. The van der Waals surface area contributed by atoms with Gasteiger partial charge in [-0.3, -0.25) is 4.79 Å². The molecule has 2 unspecified atom stereocenters. The number of rotatable bonds is 7.